The lowest BCUT2D eigenvalue weighted by Crippen LogP contribution is -2.00. The summed E-state index contributed by atoms with van der Waals surface area (Å²) < 4.78 is 4.90. The van der Waals surface area contributed by atoms with Crippen LogP contribution in [-0.4, -0.2) is 21.2 Å². The third kappa shape index (κ3) is 2.49. The van der Waals surface area contributed by atoms with E-state index >= 15 is 0 Å². The van der Waals surface area contributed by atoms with Crippen LogP contribution in [-0.2, 0) is 0 Å². The molecule has 25 heavy (non-hydrogen) atoms. The van der Waals surface area contributed by atoms with E-state index in [0.717, 1.165) is 22.1 Å². The van der Waals surface area contributed by atoms with Gasteiger partial charge in [0.25, 0.3) is 0 Å². The smallest absolute Gasteiger partial charge is 0.337 e. The molecular weight excluding hydrogens is 318 g/mol. The lowest BCUT2D eigenvalue weighted by Gasteiger charge is -2.12. The number of hydrogen-bond acceptors (Lipinski definition) is 5. The molecule has 4 aromatic rings. The molecule has 6 nitrogen and oxygen atoms in total. The topological polar surface area (TPSA) is 102 Å². The number of aromatic carboxylic acids is 1. The summed E-state index contributed by atoms with van der Waals surface area (Å²) in [5.41, 5.74) is 10.5. The molecule has 0 aliphatic carbocycles. The molecule has 0 atom stereocenters. The van der Waals surface area contributed by atoms with Gasteiger partial charge in [-0.25, -0.2) is 4.79 Å². The first kappa shape index (κ1) is 14.9. The summed E-state index contributed by atoms with van der Waals surface area (Å²) in [5, 5.41) is 14.1. The first-order valence-electron chi connectivity index (χ1n) is 7.57. The van der Waals surface area contributed by atoms with Crippen LogP contribution in [0.1, 0.15) is 10.4 Å². The molecular formula is C19H13N3O3. The summed E-state index contributed by atoms with van der Waals surface area (Å²) in [7, 11) is 0. The predicted molar refractivity (Wildman–Crippen MR) is 94.0 cm³/mol. The van der Waals surface area contributed by atoms with Crippen molar-refractivity contribution in [3.8, 4) is 22.4 Å². The van der Waals surface area contributed by atoms with Gasteiger partial charge in [0, 0.05) is 34.5 Å². The minimum Gasteiger partial charge on any atom is -0.478 e. The lowest BCUT2D eigenvalue weighted by molar-refractivity contribution is 0.0699. The van der Waals surface area contributed by atoms with Crippen molar-refractivity contribution in [3.05, 3.63) is 66.6 Å². The number of carboxylic acids is 1. The minimum atomic E-state index is -1.01. The molecule has 0 bridgehead atoms. The number of nitrogens with two attached hydrogens (primary N) is 1. The summed E-state index contributed by atoms with van der Waals surface area (Å²) >= 11 is 0. The van der Waals surface area contributed by atoms with E-state index in [2.05, 4.69) is 10.1 Å². The number of benzene rings is 2. The van der Waals surface area contributed by atoms with Crippen LogP contribution >= 0.6 is 0 Å². The summed E-state index contributed by atoms with van der Waals surface area (Å²) in [4.78, 5) is 15.7. The van der Waals surface area contributed by atoms with Crippen molar-refractivity contribution in [2.75, 3.05) is 5.73 Å². The number of pyridine rings is 1. The Morgan fingerprint density at radius 2 is 1.96 bits per heavy atom. The Morgan fingerprint density at radius 3 is 2.72 bits per heavy atom. The van der Waals surface area contributed by atoms with E-state index in [0.29, 0.717) is 16.9 Å². The van der Waals surface area contributed by atoms with E-state index in [1.54, 1.807) is 36.5 Å². The monoisotopic (exact) mass is 331 g/mol. The summed E-state index contributed by atoms with van der Waals surface area (Å²) in [6, 6.07) is 14.3. The minimum absolute atomic E-state index is 0.158. The van der Waals surface area contributed by atoms with Crippen molar-refractivity contribution in [3.63, 3.8) is 0 Å². The van der Waals surface area contributed by atoms with Crippen molar-refractivity contribution in [2.24, 2.45) is 0 Å². The molecule has 0 unspecified atom stereocenters. The maximum Gasteiger partial charge on any atom is 0.337 e. The number of rotatable bonds is 3. The Hall–Kier alpha value is -3.67. The number of fused-ring (bicyclic) bond motifs is 1. The van der Waals surface area contributed by atoms with E-state index in [4.69, 9.17) is 10.3 Å². The van der Waals surface area contributed by atoms with Crippen LogP contribution in [0.25, 0.3) is 33.3 Å². The van der Waals surface area contributed by atoms with Gasteiger partial charge in [-0.15, -0.1) is 0 Å². The molecule has 2 heterocycles. The Kier molecular flexibility index (Phi) is 3.43. The highest BCUT2D eigenvalue weighted by Crippen LogP contribution is 2.35. The molecule has 122 valence electrons. The number of carboxylic acid groups (broad SMARTS) is 1. The van der Waals surface area contributed by atoms with Crippen LogP contribution in [0.2, 0.25) is 0 Å². The van der Waals surface area contributed by atoms with Gasteiger partial charge >= 0.3 is 5.97 Å². The Bertz CT molecular complexity index is 1090. The fraction of sp³-hybridized carbons (Fsp3) is 0. The third-order valence-electron chi connectivity index (χ3n) is 4.08. The van der Waals surface area contributed by atoms with E-state index in [-0.39, 0.29) is 5.56 Å². The van der Waals surface area contributed by atoms with E-state index in [1.165, 1.54) is 6.26 Å². The largest absolute Gasteiger partial charge is 0.478 e. The van der Waals surface area contributed by atoms with Crippen molar-refractivity contribution in [1.82, 2.24) is 10.1 Å². The van der Waals surface area contributed by atoms with Crippen molar-refractivity contribution >= 4 is 22.6 Å². The summed E-state index contributed by atoms with van der Waals surface area (Å²) in [5.74, 6) is -1.01. The second-order valence-corrected chi connectivity index (χ2v) is 5.55. The number of carbonyl (C=O) groups is 1. The zero-order valence-electron chi connectivity index (χ0n) is 13.0. The second kappa shape index (κ2) is 5.76. The van der Waals surface area contributed by atoms with Gasteiger partial charge in [0.15, 0.2) is 0 Å². The number of nitrogen functional groups attached to an aromatic ring is 1. The van der Waals surface area contributed by atoms with E-state index in [9.17, 15) is 9.90 Å². The predicted octanol–water partition coefficient (Wildman–Crippen LogP) is 3.84. The quantitative estimate of drug-likeness (QED) is 0.553. The van der Waals surface area contributed by atoms with Gasteiger partial charge in [0.2, 0.25) is 0 Å². The van der Waals surface area contributed by atoms with E-state index < -0.39 is 5.97 Å². The maximum absolute atomic E-state index is 11.5. The molecule has 0 radical (unpaired) electrons. The highest BCUT2D eigenvalue weighted by Gasteiger charge is 2.15. The third-order valence-corrected chi connectivity index (χ3v) is 4.08. The molecule has 0 aliphatic heterocycles. The van der Waals surface area contributed by atoms with Crippen molar-refractivity contribution in [1.29, 1.82) is 0 Å². The summed E-state index contributed by atoms with van der Waals surface area (Å²) in [6.07, 6.45) is 3.08. The Labute approximate surface area is 142 Å². The molecule has 0 fully saturated rings. The lowest BCUT2D eigenvalue weighted by atomic mass is 9.95. The van der Waals surface area contributed by atoms with Gasteiger partial charge in [0.05, 0.1) is 11.1 Å². The number of aromatic nitrogens is 2. The molecule has 0 aliphatic rings. The highest BCUT2D eigenvalue weighted by molar-refractivity contribution is 6.08. The van der Waals surface area contributed by atoms with Gasteiger partial charge in [-0.05, 0) is 29.8 Å². The van der Waals surface area contributed by atoms with Crippen LogP contribution in [0.4, 0.5) is 5.69 Å². The number of nitrogens with zero attached hydrogens (tertiary/aromatic N) is 2. The maximum atomic E-state index is 11.5. The van der Waals surface area contributed by atoms with Crippen LogP contribution in [0, 0.1) is 0 Å². The number of anilines is 1. The molecule has 0 spiro atoms. The molecule has 0 saturated carbocycles. The van der Waals surface area contributed by atoms with Gasteiger partial charge in [-0.2, -0.15) is 0 Å². The van der Waals surface area contributed by atoms with Crippen LogP contribution in [0.15, 0.2) is 65.5 Å². The molecule has 2 aromatic heterocycles. The standard InChI is InChI=1S/C19H13N3O3/c20-16-6-3-11(17-7-9-25-22-17)10-15(16)12-4-5-14(19(23)24)18-13(12)2-1-8-21-18/h1-10H,20H2,(H,23,24). The average Bonchev–Trinajstić information content (AvgIpc) is 3.16. The highest BCUT2D eigenvalue weighted by atomic mass is 16.5. The molecule has 0 amide bonds. The van der Waals surface area contributed by atoms with Gasteiger partial charge < -0.3 is 15.4 Å². The van der Waals surface area contributed by atoms with Crippen molar-refractivity contribution in [2.45, 2.75) is 0 Å². The van der Waals surface area contributed by atoms with Crippen LogP contribution in [0.5, 0.6) is 0 Å². The molecule has 0 saturated heterocycles. The summed E-state index contributed by atoms with van der Waals surface area (Å²) in [6.45, 7) is 0. The molecule has 2 aromatic carbocycles. The van der Waals surface area contributed by atoms with Gasteiger partial charge in [0.1, 0.15) is 12.0 Å². The fourth-order valence-electron chi connectivity index (χ4n) is 2.89. The second-order valence-electron chi connectivity index (χ2n) is 5.55. The number of hydrogen-bond donors (Lipinski definition) is 2. The van der Waals surface area contributed by atoms with Gasteiger partial charge in [-0.3, -0.25) is 4.98 Å². The zero-order valence-corrected chi connectivity index (χ0v) is 13.0. The zero-order chi connectivity index (χ0) is 17.4. The molecule has 4 rings (SSSR count). The Morgan fingerprint density at radius 1 is 1.08 bits per heavy atom. The first-order chi connectivity index (χ1) is 12.1. The van der Waals surface area contributed by atoms with E-state index in [1.807, 2.05) is 18.2 Å². The first-order valence-corrected chi connectivity index (χ1v) is 7.57. The fourth-order valence-corrected chi connectivity index (χ4v) is 2.89. The average molecular weight is 331 g/mol. The molecule has 3 N–H and O–H groups in total. The van der Waals surface area contributed by atoms with Crippen LogP contribution in [0.3, 0.4) is 0 Å². The van der Waals surface area contributed by atoms with Gasteiger partial charge in [-0.1, -0.05) is 23.4 Å². The van der Waals surface area contributed by atoms with Crippen LogP contribution < -0.4 is 5.73 Å². The van der Waals surface area contributed by atoms with Crippen molar-refractivity contribution < 1.29 is 14.4 Å². The molecule has 6 heteroatoms. The normalized spacial score (nSPS) is 10.9. The SMILES string of the molecule is Nc1ccc(-c2ccon2)cc1-c1ccc(C(=O)O)c2ncccc12. The Balaban J connectivity index is 1.98.